The maximum absolute atomic E-state index is 12.3. The molecule has 6 saturated heterocycles. The van der Waals surface area contributed by atoms with Crippen molar-refractivity contribution in [2.75, 3.05) is 26.8 Å². The van der Waals surface area contributed by atoms with Crippen molar-refractivity contribution in [3.05, 3.63) is 12.3 Å². The van der Waals surface area contributed by atoms with Gasteiger partial charge in [-0.1, -0.05) is 13.0 Å². The van der Waals surface area contributed by atoms with Gasteiger partial charge in [-0.05, 0) is 19.3 Å². The molecule has 6 rings (SSSR count). The Morgan fingerprint density at radius 1 is 0.941 bits per heavy atom. The first-order chi connectivity index (χ1) is 16.3. The Bertz CT molecular complexity index is 680. The van der Waals surface area contributed by atoms with E-state index < -0.39 is 67.8 Å². The van der Waals surface area contributed by atoms with E-state index in [9.17, 15) is 30.3 Å². The van der Waals surface area contributed by atoms with Crippen LogP contribution in [0.2, 0.25) is 0 Å². The number of carbonyl (C=O) groups excluding carboxylic acids is 1. The fourth-order valence-electron chi connectivity index (χ4n) is 4.54. The second-order valence-corrected chi connectivity index (χ2v) is 9.02. The lowest BCUT2D eigenvalue weighted by Gasteiger charge is -2.47. The van der Waals surface area contributed by atoms with E-state index in [1.807, 2.05) is 0 Å². The minimum absolute atomic E-state index is 0.0769. The summed E-state index contributed by atoms with van der Waals surface area (Å²) < 4.78 is 22.9. The zero-order chi connectivity index (χ0) is 24.8. The number of rotatable bonds is 7. The second-order valence-electron chi connectivity index (χ2n) is 9.02. The molecule has 0 aromatic heterocycles. The van der Waals surface area contributed by atoms with E-state index >= 15 is 0 Å². The van der Waals surface area contributed by atoms with Gasteiger partial charge in [-0.15, -0.1) is 0 Å². The molecule has 7 N–H and O–H groups in total. The first-order valence-electron chi connectivity index (χ1n) is 11.8. The number of carbonyl (C=O) groups is 1. The van der Waals surface area contributed by atoms with Crippen LogP contribution < -0.4 is 10.6 Å². The average molecular weight is 491 g/mol. The van der Waals surface area contributed by atoms with Crippen LogP contribution in [0, 0.1) is 5.92 Å². The fourth-order valence-corrected chi connectivity index (χ4v) is 4.54. The number of hydrogen-bond acceptors (Lipinski definition) is 11. The molecule has 0 aromatic rings. The number of aliphatic hydroxyl groups is 5. The number of nitrogens with one attached hydrogen (secondary N) is 2. The molecule has 12 heteroatoms. The van der Waals surface area contributed by atoms with Gasteiger partial charge in [0, 0.05) is 38.2 Å². The molecule has 0 aromatic carbocycles. The summed E-state index contributed by atoms with van der Waals surface area (Å²) in [6.07, 6.45) is -8.79. The molecule has 1 amide bonds. The highest BCUT2D eigenvalue weighted by molar-refractivity contribution is 5.76. The Morgan fingerprint density at radius 2 is 1.65 bits per heavy atom. The Kier molecular flexibility index (Phi) is 10.1. The number of allylic oxidation sites excluding steroid dienone is 1. The first-order valence-corrected chi connectivity index (χ1v) is 11.8. The molecule has 6 aliphatic heterocycles. The normalized spacial score (nSPS) is 41.0. The van der Waals surface area contributed by atoms with Crippen LogP contribution in [0.15, 0.2) is 12.3 Å². The second kappa shape index (κ2) is 12.6. The van der Waals surface area contributed by atoms with Crippen molar-refractivity contribution in [3.8, 4) is 0 Å². The Morgan fingerprint density at radius 3 is 2.35 bits per heavy atom. The molecule has 0 aliphatic carbocycles. The third-order valence-corrected chi connectivity index (χ3v) is 6.69. The van der Waals surface area contributed by atoms with Gasteiger partial charge in [0.05, 0.1) is 18.8 Å². The Hall–Kier alpha value is -1.35. The maximum Gasteiger partial charge on any atom is 0.220 e. The SMILES string of the molecule is C=C(CCC(=O)NCC1O[C@H]2OC3C(CO)O[C@@H](OCCCCC1C(O)C2O)C(O)C3O)NC. The van der Waals surface area contributed by atoms with Crippen LogP contribution in [-0.2, 0) is 23.7 Å². The zero-order valence-electron chi connectivity index (χ0n) is 19.4. The lowest BCUT2D eigenvalue weighted by atomic mass is 9.84. The molecule has 10 atom stereocenters. The number of aliphatic hydroxyl groups excluding tert-OH is 5. The highest BCUT2D eigenvalue weighted by atomic mass is 16.7. The van der Waals surface area contributed by atoms with Crippen LogP contribution in [0.3, 0.4) is 0 Å². The zero-order valence-corrected chi connectivity index (χ0v) is 19.4. The first kappa shape index (κ1) is 27.2. The number of ether oxygens (including phenoxy) is 4. The summed E-state index contributed by atoms with van der Waals surface area (Å²) in [5.74, 6) is -0.701. The van der Waals surface area contributed by atoms with E-state index in [1.54, 1.807) is 7.05 Å². The molecule has 196 valence electrons. The average Bonchev–Trinajstić information content (AvgIpc) is 2.83. The molecular formula is C22H38N2O10. The van der Waals surface area contributed by atoms with E-state index in [4.69, 9.17) is 18.9 Å². The van der Waals surface area contributed by atoms with Gasteiger partial charge in [0.1, 0.15) is 30.5 Å². The van der Waals surface area contributed by atoms with Gasteiger partial charge in [0.2, 0.25) is 5.91 Å². The van der Waals surface area contributed by atoms with E-state index in [2.05, 4.69) is 17.2 Å². The maximum atomic E-state index is 12.3. The van der Waals surface area contributed by atoms with Gasteiger partial charge < -0.3 is 55.1 Å². The quantitative estimate of drug-likeness (QED) is 0.204. The van der Waals surface area contributed by atoms with Crippen molar-refractivity contribution in [1.29, 1.82) is 0 Å². The van der Waals surface area contributed by atoms with Gasteiger partial charge in [-0.2, -0.15) is 0 Å². The van der Waals surface area contributed by atoms with Crippen molar-refractivity contribution in [3.63, 3.8) is 0 Å². The fraction of sp³-hybridized carbons (Fsp3) is 0.864. The van der Waals surface area contributed by atoms with Crippen molar-refractivity contribution >= 4 is 5.91 Å². The minimum atomic E-state index is -1.50. The van der Waals surface area contributed by atoms with E-state index in [0.29, 0.717) is 25.7 Å². The molecule has 6 heterocycles. The van der Waals surface area contributed by atoms with E-state index in [-0.39, 0.29) is 25.5 Å². The largest absolute Gasteiger partial charge is 0.394 e. The molecule has 0 radical (unpaired) electrons. The molecule has 6 aliphatic rings. The summed E-state index contributed by atoms with van der Waals surface area (Å²) >= 11 is 0. The molecule has 6 fully saturated rings. The van der Waals surface area contributed by atoms with Crippen LogP contribution in [-0.4, -0.2) is 114 Å². The summed E-state index contributed by atoms with van der Waals surface area (Å²) in [5.41, 5.74) is 0.730. The topological polar surface area (TPSA) is 179 Å². The summed E-state index contributed by atoms with van der Waals surface area (Å²) in [6.45, 7) is 3.54. The highest BCUT2D eigenvalue weighted by Gasteiger charge is 2.51. The Labute approximate surface area is 198 Å². The van der Waals surface area contributed by atoms with Gasteiger partial charge in [0.25, 0.3) is 0 Å². The molecule has 34 heavy (non-hydrogen) atoms. The lowest BCUT2D eigenvalue weighted by Crippen LogP contribution is -2.64. The van der Waals surface area contributed by atoms with Gasteiger partial charge in [0.15, 0.2) is 12.6 Å². The predicted molar refractivity (Wildman–Crippen MR) is 117 cm³/mol. The van der Waals surface area contributed by atoms with Gasteiger partial charge in [-0.3, -0.25) is 4.79 Å². The van der Waals surface area contributed by atoms with E-state index in [0.717, 1.165) is 5.70 Å². The lowest BCUT2D eigenvalue weighted by molar-refractivity contribution is -0.355. The summed E-state index contributed by atoms with van der Waals surface area (Å²) in [7, 11) is 1.73. The predicted octanol–water partition coefficient (Wildman–Crippen LogP) is -2.30. The standard InChI is InChI=1S/C22H38N2O10/c1-11(23-2)6-7-15(26)24-9-13-12-5-3-4-8-31-21-19(30)17(28)20(14(10-25)33-21)34-22(32-13)18(29)16(12)27/h12-14,16-23,25,27-30H,1,3-10H2,2H3,(H,24,26)/t12?,13?,14?,16?,17?,18?,19?,20?,21-,22+/m1/s1. The number of hydrogen-bond donors (Lipinski definition) is 7. The molecule has 4 bridgehead atoms. The molecular weight excluding hydrogens is 452 g/mol. The minimum Gasteiger partial charge on any atom is -0.394 e. The van der Waals surface area contributed by atoms with Crippen LogP contribution >= 0.6 is 0 Å². The molecule has 12 nitrogen and oxygen atoms in total. The van der Waals surface area contributed by atoms with E-state index in [1.165, 1.54) is 0 Å². The van der Waals surface area contributed by atoms with Crippen molar-refractivity contribution in [2.45, 2.75) is 87.4 Å². The summed E-state index contributed by atoms with van der Waals surface area (Å²) in [4.78, 5) is 12.3. The smallest absolute Gasteiger partial charge is 0.220 e. The monoisotopic (exact) mass is 490 g/mol. The Balaban J connectivity index is 1.75. The van der Waals surface area contributed by atoms with Crippen molar-refractivity contribution in [1.82, 2.24) is 10.6 Å². The molecule has 8 unspecified atom stereocenters. The summed E-state index contributed by atoms with van der Waals surface area (Å²) in [5, 5.41) is 58.0. The van der Waals surface area contributed by atoms with Crippen LogP contribution in [0.25, 0.3) is 0 Å². The van der Waals surface area contributed by atoms with Gasteiger partial charge >= 0.3 is 0 Å². The highest BCUT2D eigenvalue weighted by Crippen LogP contribution is 2.34. The van der Waals surface area contributed by atoms with Crippen LogP contribution in [0.1, 0.15) is 32.1 Å². The molecule has 0 saturated carbocycles. The third-order valence-electron chi connectivity index (χ3n) is 6.69. The van der Waals surface area contributed by atoms with Gasteiger partial charge in [-0.25, -0.2) is 0 Å². The molecule has 0 spiro atoms. The summed E-state index contributed by atoms with van der Waals surface area (Å²) in [6, 6.07) is 0. The number of amides is 1. The van der Waals surface area contributed by atoms with Crippen LogP contribution in [0.4, 0.5) is 0 Å². The third kappa shape index (κ3) is 6.45. The van der Waals surface area contributed by atoms with Crippen LogP contribution in [0.5, 0.6) is 0 Å². The van der Waals surface area contributed by atoms with Crippen molar-refractivity contribution < 1.29 is 49.3 Å². The van der Waals surface area contributed by atoms with Crippen molar-refractivity contribution in [2.24, 2.45) is 5.92 Å².